The van der Waals surface area contributed by atoms with Crippen LogP contribution in [0.15, 0.2) is 4.99 Å². The summed E-state index contributed by atoms with van der Waals surface area (Å²) in [5, 5.41) is 0. The molecule has 0 N–H and O–H groups in total. The van der Waals surface area contributed by atoms with Crippen molar-refractivity contribution >= 4 is 5.71 Å². The molecule has 0 amide bonds. The molecule has 0 aromatic carbocycles. The van der Waals surface area contributed by atoms with Crippen LogP contribution in [0, 0.1) is 5.41 Å². The van der Waals surface area contributed by atoms with Crippen LogP contribution in [0.5, 0.6) is 0 Å². The molecule has 0 heterocycles. The monoisotopic (exact) mass is 155 g/mol. The van der Waals surface area contributed by atoms with Crippen LogP contribution in [0.25, 0.3) is 0 Å². The Labute approximate surface area is 70.9 Å². The fraction of sp³-hybridized carbons (Fsp3) is 0.900. The van der Waals surface area contributed by atoms with Crippen molar-refractivity contribution in [2.45, 2.75) is 54.0 Å². The van der Waals surface area contributed by atoms with Gasteiger partial charge in [0.05, 0.1) is 5.54 Å². The Balaban J connectivity index is 4.49. The van der Waals surface area contributed by atoms with Crippen LogP contribution in [-0.4, -0.2) is 11.3 Å². The molecule has 0 aromatic rings. The molecule has 1 heteroatoms. The zero-order chi connectivity index (χ0) is 9.28. The van der Waals surface area contributed by atoms with Gasteiger partial charge in [0.1, 0.15) is 0 Å². The van der Waals surface area contributed by atoms with Crippen LogP contribution in [-0.2, 0) is 0 Å². The predicted octanol–water partition coefficient (Wildman–Crippen LogP) is 3.29. The van der Waals surface area contributed by atoms with Crippen LogP contribution >= 0.6 is 0 Å². The molecule has 0 saturated heterocycles. The third-order valence-electron chi connectivity index (χ3n) is 1.59. The summed E-state index contributed by atoms with van der Waals surface area (Å²) < 4.78 is 0. The number of aliphatic imine (C=N–C) groups is 1. The van der Waals surface area contributed by atoms with E-state index >= 15 is 0 Å². The number of nitrogens with zero attached hydrogens (tertiary/aromatic N) is 1. The van der Waals surface area contributed by atoms with E-state index in [1.807, 2.05) is 0 Å². The quantitative estimate of drug-likeness (QED) is 0.476. The van der Waals surface area contributed by atoms with Crippen molar-refractivity contribution in [3.63, 3.8) is 0 Å². The van der Waals surface area contributed by atoms with Gasteiger partial charge in [0.25, 0.3) is 0 Å². The fourth-order valence-corrected chi connectivity index (χ4v) is 0.671. The Kier molecular flexibility index (Phi) is 2.87. The van der Waals surface area contributed by atoms with Gasteiger partial charge < -0.3 is 0 Å². The molecule has 0 bridgehead atoms. The SMILES string of the molecule is CC(=NC(C)(C)C)C(C)(C)C. The van der Waals surface area contributed by atoms with Gasteiger partial charge in [-0.2, -0.15) is 0 Å². The third-order valence-corrected chi connectivity index (χ3v) is 1.59. The smallest absolute Gasteiger partial charge is 0.0523 e. The summed E-state index contributed by atoms with van der Waals surface area (Å²) in [5.74, 6) is 0. The molecule has 11 heavy (non-hydrogen) atoms. The van der Waals surface area contributed by atoms with Crippen molar-refractivity contribution in [2.24, 2.45) is 10.4 Å². The minimum absolute atomic E-state index is 0.0668. The molecule has 0 saturated carbocycles. The van der Waals surface area contributed by atoms with E-state index in [0.717, 1.165) is 0 Å². The summed E-state index contributed by atoms with van der Waals surface area (Å²) in [6, 6.07) is 0. The second-order valence-electron chi connectivity index (χ2n) is 5.12. The number of hydrogen-bond donors (Lipinski definition) is 0. The maximum absolute atomic E-state index is 4.60. The average molecular weight is 155 g/mol. The van der Waals surface area contributed by atoms with Crippen LogP contribution in [0.1, 0.15) is 48.5 Å². The second-order valence-corrected chi connectivity index (χ2v) is 5.12. The fourth-order valence-electron chi connectivity index (χ4n) is 0.671. The molecule has 1 nitrogen and oxygen atoms in total. The van der Waals surface area contributed by atoms with Gasteiger partial charge in [-0.25, -0.2) is 0 Å². The van der Waals surface area contributed by atoms with E-state index < -0.39 is 0 Å². The van der Waals surface area contributed by atoms with E-state index in [0.29, 0.717) is 0 Å². The first-order valence-electron chi connectivity index (χ1n) is 4.20. The highest BCUT2D eigenvalue weighted by Gasteiger charge is 2.17. The van der Waals surface area contributed by atoms with Crippen LogP contribution < -0.4 is 0 Å². The van der Waals surface area contributed by atoms with Crippen molar-refractivity contribution in [3.8, 4) is 0 Å². The first-order valence-corrected chi connectivity index (χ1v) is 4.20. The van der Waals surface area contributed by atoms with Gasteiger partial charge in [-0.1, -0.05) is 20.8 Å². The van der Waals surface area contributed by atoms with Gasteiger partial charge in [-0.15, -0.1) is 0 Å². The average Bonchev–Trinajstić information content (AvgIpc) is 1.56. The van der Waals surface area contributed by atoms with Gasteiger partial charge in [0.15, 0.2) is 0 Å². The minimum Gasteiger partial charge on any atom is -0.288 e. The molecule has 0 spiro atoms. The Morgan fingerprint density at radius 2 is 1.27 bits per heavy atom. The van der Waals surface area contributed by atoms with Gasteiger partial charge in [0, 0.05) is 5.71 Å². The minimum atomic E-state index is 0.0668. The summed E-state index contributed by atoms with van der Waals surface area (Å²) in [4.78, 5) is 4.60. The summed E-state index contributed by atoms with van der Waals surface area (Å²) in [5.41, 5.74) is 1.51. The van der Waals surface area contributed by atoms with Crippen LogP contribution in [0.4, 0.5) is 0 Å². The second kappa shape index (κ2) is 2.96. The largest absolute Gasteiger partial charge is 0.288 e. The molecule has 66 valence electrons. The summed E-state index contributed by atoms with van der Waals surface area (Å²) in [6.07, 6.45) is 0. The van der Waals surface area contributed by atoms with E-state index in [-0.39, 0.29) is 11.0 Å². The lowest BCUT2D eigenvalue weighted by molar-refractivity contribution is 0.538. The number of hydrogen-bond acceptors (Lipinski definition) is 1. The molecule has 0 aliphatic rings. The molecule has 0 fully saturated rings. The van der Waals surface area contributed by atoms with Crippen molar-refractivity contribution < 1.29 is 0 Å². The topological polar surface area (TPSA) is 12.4 Å². The number of rotatable bonds is 0. The molecule has 0 aromatic heterocycles. The van der Waals surface area contributed by atoms with Gasteiger partial charge in [-0.3, -0.25) is 4.99 Å². The Hall–Kier alpha value is -0.330. The Bertz CT molecular complexity index is 153. The Morgan fingerprint density at radius 3 is 1.36 bits per heavy atom. The molecule has 0 radical (unpaired) electrons. The lowest BCUT2D eigenvalue weighted by Crippen LogP contribution is -2.22. The van der Waals surface area contributed by atoms with Crippen molar-refractivity contribution in [1.29, 1.82) is 0 Å². The maximum Gasteiger partial charge on any atom is 0.0523 e. The first kappa shape index (κ1) is 10.7. The standard InChI is InChI=1S/C10H21N/c1-8(9(2,3)4)11-10(5,6)7/h1-7H3. The molecule has 0 atom stereocenters. The highest BCUT2D eigenvalue weighted by atomic mass is 14.8. The predicted molar refractivity (Wildman–Crippen MR) is 52.3 cm³/mol. The van der Waals surface area contributed by atoms with E-state index in [1.165, 1.54) is 5.71 Å². The highest BCUT2D eigenvalue weighted by Crippen LogP contribution is 2.19. The molecule has 0 aliphatic heterocycles. The van der Waals surface area contributed by atoms with Crippen molar-refractivity contribution in [2.75, 3.05) is 0 Å². The molecular formula is C10H21N. The zero-order valence-corrected chi connectivity index (χ0v) is 8.95. The zero-order valence-electron chi connectivity index (χ0n) is 8.95. The summed E-state index contributed by atoms with van der Waals surface area (Å²) in [7, 11) is 0. The Morgan fingerprint density at radius 1 is 0.909 bits per heavy atom. The van der Waals surface area contributed by atoms with Crippen LogP contribution in [0.3, 0.4) is 0 Å². The van der Waals surface area contributed by atoms with Gasteiger partial charge >= 0.3 is 0 Å². The molecular weight excluding hydrogens is 134 g/mol. The maximum atomic E-state index is 4.60. The van der Waals surface area contributed by atoms with Gasteiger partial charge in [0.2, 0.25) is 0 Å². The van der Waals surface area contributed by atoms with E-state index in [2.05, 4.69) is 53.5 Å². The van der Waals surface area contributed by atoms with E-state index in [1.54, 1.807) is 0 Å². The lowest BCUT2D eigenvalue weighted by atomic mass is 9.90. The van der Waals surface area contributed by atoms with E-state index in [4.69, 9.17) is 0 Å². The summed E-state index contributed by atoms with van der Waals surface area (Å²) >= 11 is 0. The highest BCUT2D eigenvalue weighted by molar-refractivity contribution is 5.87. The van der Waals surface area contributed by atoms with Crippen molar-refractivity contribution in [1.82, 2.24) is 0 Å². The van der Waals surface area contributed by atoms with Crippen LogP contribution in [0.2, 0.25) is 0 Å². The van der Waals surface area contributed by atoms with Crippen molar-refractivity contribution in [3.05, 3.63) is 0 Å². The third kappa shape index (κ3) is 5.00. The lowest BCUT2D eigenvalue weighted by Gasteiger charge is -2.22. The summed E-state index contributed by atoms with van der Waals surface area (Å²) in [6.45, 7) is 15.1. The molecule has 0 rings (SSSR count). The van der Waals surface area contributed by atoms with E-state index in [9.17, 15) is 0 Å². The van der Waals surface area contributed by atoms with Gasteiger partial charge in [-0.05, 0) is 33.1 Å². The normalized spacial score (nSPS) is 15.4. The molecule has 0 unspecified atom stereocenters. The first-order chi connectivity index (χ1) is 4.63. The molecule has 0 aliphatic carbocycles.